The second kappa shape index (κ2) is 5.87. The summed E-state index contributed by atoms with van der Waals surface area (Å²) in [5, 5.41) is 3.82. The molecule has 2 aliphatic heterocycles. The maximum absolute atomic E-state index is 3.82. The van der Waals surface area contributed by atoms with Crippen LogP contribution in [-0.2, 0) is 6.54 Å². The molecule has 2 fully saturated rings. The standard InChI is InChI=1S/C18H28N2/c1-13-7-8-15(14(2)9-13)12-19-16-10-17-5-4-6-18(11-16)20(17)3/h7-9,16-19H,4-6,10-12H2,1-3H3. The summed E-state index contributed by atoms with van der Waals surface area (Å²) in [7, 11) is 2.33. The molecule has 2 atom stereocenters. The molecule has 2 nitrogen and oxygen atoms in total. The Morgan fingerprint density at radius 3 is 2.50 bits per heavy atom. The fourth-order valence-electron chi connectivity index (χ4n) is 4.08. The van der Waals surface area contributed by atoms with E-state index in [0.29, 0.717) is 6.04 Å². The summed E-state index contributed by atoms with van der Waals surface area (Å²) in [6.07, 6.45) is 6.89. The van der Waals surface area contributed by atoms with E-state index in [1.165, 1.54) is 48.8 Å². The zero-order valence-corrected chi connectivity index (χ0v) is 13.2. The van der Waals surface area contributed by atoms with Crippen molar-refractivity contribution < 1.29 is 0 Å². The first-order valence-electron chi connectivity index (χ1n) is 8.15. The number of hydrogen-bond donors (Lipinski definition) is 1. The van der Waals surface area contributed by atoms with Gasteiger partial charge in [0, 0.05) is 24.7 Å². The Morgan fingerprint density at radius 2 is 1.85 bits per heavy atom. The van der Waals surface area contributed by atoms with Crippen molar-refractivity contribution in [2.24, 2.45) is 0 Å². The number of hydrogen-bond acceptors (Lipinski definition) is 2. The van der Waals surface area contributed by atoms with Gasteiger partial charge in [-0.1, -0.05) is 30.2 Å². The number of piperidine rings is 2. The number of nitrogens with one attached hydrogen (secondary N) is 1. The summed E-state index contributed by atoms with van der Waals surface area (Å²) >= 11 is 0. The highest BCUT2D eigenvalue weighted by Crippen LogP contribution is 2.32. The predicted molar refractivity (Wildman–Crippen MR) is 85.0 cm³/mol. The van der Waals surface area contributed by atoms with Gasteiger partial charge in [0.2, 0.25) is 0 Å². The Labute approximate surface area is 123 Å². The largest absolute Gasteiger partial charge is 0.310 e. The van der Waals surface area contributed by atoms with Crippen LogP contribution in [0, 0.1) is 13.8 Å². The first kappa shape index (κ1) is 14.1. The van der Waals surface area contributed by atoms with Gasteiger partial charge in [-0.2, -0.15) is 0 Å². The molecule has 0 spiro atoms. The van der Waals surface area contributed by atoms with Gasteiger partial charge < -0.3 is 10.2 Å². The average molecular weight is 272 g/mol. The quantitative estimate of drug-likeness (QED) is 0.907. The lowest BCUT2D eigenvalue weighted by molar-refractivity contribution is 0.0482. The van der Waals surface area contributed by atoms with E-state index in [2.05, 4.69) is 49.3 Å². The zero-order chi connectivity index (χ0) is 14.1. The lowest BCUT2D eigenvalue weighted by Crippen LogP contribution is -2.54. The molecule has 0 amide bonds. The summed E-state index contributed by atoms with van der Waals surface area (Å²) in [6, 6.07) is 9.15. The molecule has 2 bridgehead atoms. The van der Waals surface area contributed by atoms with Crippen molar-refractivity contribution >= 4 is 0 Å². The summed E-state index contributed by atoms with van der Waals surface area (Å²) in [5.41, 5.74) is 4.24. The minimum absolute atomic E-state index is 0.710. The number of benzene rings is 1. The van der Waals surface area contributed by atoms with Gasteiger partial charge in [0.15, 0.2) is 0 Å². The predicted octanol–water partition coefficient (Wildman–Crippen LogP) is 3.41. The van der Waals surface area contributed by atoms with Gasteiger partial charge in [0.05, 0.1) is 0 Å². The smallest absolute Gasteiger partial charge is 0.0210 e. The maximum atomic E-state index is 3.82. The van der Waals surface area contributed by atoms with E-state index in [4.69, 9.17) is 0 Å². The fraction of sp³-hybridized carbons (Fsp3) is 0.667. The van der Waals surface area contributed by atoms with Crippen LogP contribution in [0.25, 0.3) is 0 Å². The summed E-state index contributed by atoms with van der Waals surface area (Å²) in [5.74, 6) is 0. The molecular weight excluding hydrogens is 244 g/mol. The number of fused-ring (bicyclic) bond motifs is 2. The van der Waals surface area contributed by atoms with Gasteiger partial charge in [-0.05, 0) is 57.7 Å². The van der Waals surface area contributed by atoms with Crippen LogP contribution in [0.15, 0.2) is 18.2 Å². The molecule has 1 N–H and O–H groups in total. The second-order valence-electron chi connectivity index (χ2n) is 6.88. The van der Waals surface area contributed by atoms with Crippen molar-refractivity contribution in [2.75, 3.05) is 7.05 Å². The molecule has 0 aromatic heterocycles. The minimum atomic E-state index is 0.710. The average Bonchev–Trinajstić information content (AvgIpc) is 2.38. The van der Waals surface area contributed by atoms with Gasteiger partial charge >= 0.3 is 0 Å². The molecule has 2 aliphatic rings. The summed E-state index contributed by atoms with van der Waals surface area (Å²) < 4.78 is 0. The highest BCUT2D eigenvalue weighted by atomic mass is 15.2. The normalized spacial score (nSPS) is 30.4. The van der Waals surface area contributed by atoms with Crippen molar-refractivity contribution in [3.05, 3.63) is 34.9 Å². The number of rotatable bonds is 3. The van der Waals surface area contributed by atoms with E-state index < -0.39 is 0 Å². The van der Waals surface area contributed by atoms with Gasteiger partial charge in [0.1, 0.15) is 0 Å². The SMILES string of the molecule is Cc1ccc(CNC2CC3CCCC(C2)N3C)c(C)c1. The molecule has 0 saturated carbocycles. The van der Waals surface area contributed by atoms with Crippen molar-refractivity contribution in [3.8, 4) is 0 Å². The Balaban J connectivity index is 1.59. The van der Waals surface area contributed by atoms with Crippen molar-refractivity contribution in [1.82, 2.24) is 10.2 Å². The molecule has 1 aromatic rings. The Kier molecular flexibility index (Phi) is 4.13. The monoisotopic (exact) mass is 272 g/mol. The molecule has 0 radical (unpaired) electrons. The van der Waals surface area contributed by atoms with E-state index in [-0.39, 0.29) is 0 Å². The van der Waals surface area contributed by atoms with E-state index in [0.717, 1.165) is 18.6 Å². The maximum Gasteiger partial charge on any atom is 0.0210 e. The van der Waals surface area contributed by atoms with Gasteiger partial charge in [-0.3, -0.25) is 0 Å². The van der Waals surface area contributed by atoms with Crippen LogP contribution in [0.4, 0.5) is 0 Å². The molecule has 110 valence electrons. The fourth-order valence-corrected chi connectivity index (χ4v) is 4.08. The van der Waals surface area contributed by atoms with E-state index in [1.54, 1.807) is 0 Å². The van der Waals surface area contributed by atoms with Crippen molar-refractivity contribution in [2.45, 2.75) is 70.6 Å². The summed E-state index contributed by atoms with van der Waals surface area (Å²) in [6.45, 7) is 5.43. The highest BCUT2D eigenvalue weighted by Gasteiger charge is 2.35. The lowest BCUT2D eigenvalue weighted by Gasteiger charge is -2.47. The highest BCUT2D eigenvalue weighted by molar-refractivity contribution is 5.30. The van der Waals surface area contributed by atoms with Crippen molar-refractivity contribution in [3.63, 3.8) is 0 Å². The first-order valence-corrected chi connectivity index (χ1v) is 8.15. The third-order valence-electron chi connectivity index (χ3n) is 5.42. The summed E-state index contributed by atoms with van der Waals surface area (Å²) in [4.78, 5) is 2.64. The van der Waals surface area contributed by atoms with Crippen LogP contribution in [-0.4, -0.2) is 30.1 Å². The number of aryl methyl sites for hydroxylation is 2. The van der Waals surface area contributed by atoms with Crippen LogP contribution in [0.1, 0.15) is 48.8 Å². The van der Waals surface area contributed by atoms with Gasteiger partial charge in [-0.25, -0.2) is 0 Å². The molecule has 3 rings (SSSR count). The van der Waals surface area contributed by atoms with E-state index >= 15 is 0 Å². The van der Waals surface area contributed by atoms with Gasteiger partial charge in [-0.15, -0.1) is 0 Å². The molecule has 2 heterocycles. The zero-order valence-electron chi connectivity index (χ0n) is 13.2. The third kappa shape index (κ3) is 2.91. The molecule has 20 heavy (non-hydrogen) atoms. The van der Waals surface area contributed by atoms with E-state index in [9.17, 15) is 0 Å². The topological polar surface area (TPSA) is 15.3 Å². The Morgan fingerprint density at radius 1 is 1.15 bits per heavy atom. The first-order chi connectivity index (χ1) is 9.63. The Bertz CT molecular complexity index is 454. The van der Waals surface area contributed by atoms with Crippen LogP contribution in [0.2, 0.25) is 0 Å². The van der Waals surface area contributed by atoms with Crippen LogP contribution in [0.3, 0.4) is 0 Å². The molecular formula is C18H28N2. The second-order valence-corrected chi connectivity index (χ2v) is 6.88. The van der Waals surface area contributed by atoms with Crippen LogP contribution >= 0.6 is 0 Å². The molecule has 2 saturated heterocycles. The van der Waals surface area contributed by atoms with Crippen LogP contribution in [0.5, 0.6) is 0 Å². The van der Waals surface area contributed by atoms with E-state index in [1.807, 2.05) is 0 Å². The lowest BCUT2D eigenvalue weighted by atomic mass is 9.82. The molecule has 2 heteroatoms. The molecule has 1 aromatic carbocycles. The Hall–Kier alpha value is -0.860. The number of nitrogens with zero attached hydrogens (tertiary/aromatic N) is 1. The minimum Gasteiger partial charge on any atom is -0.310 e. The molecule has 0 aliphatic carbocycles. The van der Waals surface area contributed by atoms with Crippen molar-refractivity contribution in [1.29, 1.82) is 0 Å². The van der Waals surface area contributed by atoms with Crippen LogP contribution < -0.4 is 5.32 Å². The third-order valence-corrected chi connectivity index (χ3v) is 5.42. The molecule has 2 unspecified atom stereocenters. The van der Waals surface area contributed by atoms with Gasteiger partial charge in [0.25, 0.3) is 0 Å².